The lowest BCUT2D eigenvalue weighted by atomic mass is 9.93. The minimum Gasteiger partial charge on any atom is -0.325 e. The van der Waals surface area contributed by atoms with Gasteiger partial charge in [0.15, 0.2) is 0 Å². The van der Waals surface area contributed by atoms with Gasteiger partial charge in [-0.3, -0.25) is 4.79 Å². The minimum atomic E-state index is 0.176. The summed E-state index contributed by atoms with van der Waals surface area (Å²) in [6, 6.07) is 0.184. The highest BCUT2D eigenvalue weighted by atomic mass is 16.2. The van der Waals surface area contributed by atoms with E-state index in [2.05, 4.69) is 6.92 Å². The predicted molar refractivity (Wildman–Crippen MR) is 70.3 cm³/mol. The van der Waals surface area contributed by atoms with Gasteiger partial charge in [-0.2, -0.15) is 0 Å². The van der Waals surface area contributed by atoms with Crippen molar-refractivity contribution >= 4 is 11.8 Å². The second-order valence-corrected chi connectivity index (χ2v) is 5.82. The van der Waals surface area contributed by atoms with Crippen LogP contribution in [-0.4, -0.2) is 47.8 Å². The van der Waals surface area contributed by atoms with Gasteiger partial charge >= 0.3 is 6.03 Å². The highest BCUT2D eigenvalue weighted by Crippen LogP contribution is 2.21. The Hall–Kier alpha value is -1.06. The molecule has 102 valence electrons. The molecule has 2 amide bonds. The number of carbonyl (C=O) groups is 2. The van der Waals surface area contributed by atoms with Crippen molar-refractivity contribution in [3.63, 3.8) is 0 Å². The molecule has 0 atom stereocenters. The molecule has 0 aliphatic carbocycles. The van der Waals surface area contributed by atoms with E-state index in [0.717, 1.165) is 57.8 Å². The van der Waals surface area contributed by atoms with Crippen molar-refractivity contribution < 1.29 is 9.59 Å². The molecule has 2 aliphatic rings. The first-order valence-electron chi connectivity index (χ1n) is 7.12. The summed E-state index contributed by atoms with van der Waals surface area (Å²) >= 11 is 0. The molecule has 0 bridgehead atoms. The first-order valence-corrected chi connectivity index (χ1v) is 7.12. The van der Waals surface area contributed by atoms with Crippen molar-refractivity contribution in [2.45, 2.75) is 39.5 Å². The lowest BCUT2D eigenvalue weighted by Gasteiger charge is -2.37. The second-order valence-electron chi connectivity index (χ2n) is 5.82. The summed E-state index contributed by atoms with van der Waals surface area (Å²) in [4.78, 5) is 27.5. The van der Waals surface area contributed by atoms with Crippen LogP contribution in [0, 0.1) is 11.8 Å². The van der Waals surface area contributed by atoms with E-state index >= 15 is 0 Å². The Kier molecular flexibility index (Phi) is 4.25. The van der Waals surface area contributed by atoms with Gasteiger partial charge in [0.05, 0.1) is 0 Å². The zero-order valence-corrected chi connectivity index (χ0v) is 11.5. The Morgan fingerprint density at radius 2 is 1.33 bits per heavy atom. The second kappa shape index (κ2) is 5.72. The molecule has 0 spiro atoms. The number of hydrogen-bond donors (Lipinski definition) is 0. The largest absolute Gasteiger partial charge is 0.325 e. The number of carbonyl (C=O) groups excluding carboxylic acids is 2. The predicted octanol–water partition coefficient (Wildman–Crippen LogP) is 2.14. The van der Waals surface area contributed by atoms with Gasteiger partial charge in [0.25, 0.3) is 0 Å². The normalized spacial score (nSPS) is 23.2. The number of rotatable bonds is 1. The maximum absolute atomic E-state index is 12.3. The highest BCUT2D eigenvalue weighted by Gasteiger charge is 2.29. The van der Waals surface area contributed by atoms with Crippen molar-refractivity contribution in [2.24, 2.45) is 11.8 Å². The monoisotopic (exact) mass is 252 g/mol. The Bertz CT molecular complexity index is 314. The van der Waals surface area contributed by atoms with E-state index in [4.69, 9.17) is 0 Å². The van der Waals surface area contributed by atoms with Crippen LogP contribution in [0.3, 0.4) is 0 Å². The van der Waals surface area contributed by atoms with Crippen LogP contribution in [0.4, 0.5) is 4.79 Å². The van der Waals surface area contributed by atoms with Crippen molar-refractivity contribution in [3.05, 3.63) is 0 Å². The van der Waals surface area contributed by atoms with Crippen molar-refractivity contribution in [2.75, 3.05) is 26.2 Å². The molecule has 0 aromatic heterocycles. The Morgan fingerprint density at radius 3 is 1.78 bits per heavy atom. The third-order valence-electron chi connectivity index (χ3n) is 4.39. The fraction of sp³-hybridized carbons (Fsp3) is 0.857. The Balaban J connectivity index is 1.82. The number of amides is 2. The van der Waals surface area contributed by atoms with E-state index in [0.29, 0.717) is 0 Å². The Labute approximate surface area is 109 Å². The SMILES string of the molecule is CC(=O)C1CCN(C(=O)N2CCC(C)CC2)CC1. The number of piperidine rings is 2. The zero-order valence-electron chi connectivity index (χ0n) is 11.5. The third kappa shape index (κ3) is 3.03. The molecule has 0 radical (unpaired) electrons. The number of likely N-dealkylation sites (tertiary alicyclic amines) is 2. The average Bonchev–Trinajstić information content (AvgIpc) is 2.39. The summed E-state index contributed by atoms with van der Waals surface area (Å²) in [6.45, 7) is 7.19. The van der Waals surface area contributed by atoms with Gasteiger partial charge in [-0.05, 0) is 38.5 Å². The van der Waals surface area contributed by atoms with Gasteiger partial charge in [0.2, 0.25) is 0 Å². The maximum Gasteiger partial charge on any atom is 0.319 e. The number of urea groups is 1. The maximum atomic E-state index is 12.3. The van der Waals surface area contributed by atoms with E-state index in [1.165, 1.54) is 0 Å². The van der Waals surface area contributed by atoms with Crippen LogP contribution in [-0.2, 0) is 4.79 Å². The highest BCUT2D eigenvalue weighted by molar-refractivity contribution is 5.79. The molecular formula is C14H24N2O2. The molecule has 2 saturated heterocycles. The fourth-order valence-corrected chi connectivity index (χ4v) is 2.88. The lowest BCUT2D eigenvalue weighted by molar-refractivity contribution is -0.121. The quantitative estimate of drug-likeness (QED) is 0.717. The van der Waals surface area contributed by atoms with E-state index < -0.39 is 0 Å². The van der Waals surface area contributed by atoms with Crippen LogP contribution in [0.1, 0.15) is 39.5 Å². The van der Waals surface area contributed by atoms with E-state index in [9.17, 15) is 9.59 Å². The van der Waals surface area contributed by atoms with Crippen LogP contribution in [0.5, 0.6) is 0 Å². The van der Waals surface area contributed by atoms with Crippen molar-refractivity contribution in [3.8, 4) is 0 Å². The average molecular weight is 252 g/mol. The summed E-state index contributed by atoms with van der Waals surface area (Å²) in [5.74, 6) is 1.20. The van der Waals surface area contributed by atoms with Gasteiger partial charge in [0, 0.05) is 32.1 Å². The Morgan fingerprint density at radius 1 is 0.889 bits per heavy atom. The first-order chi connectivity index (χ1) is 8.58. The van der Waals surface area contributed by atoms with Crippen LogP contribution in [0.2, 0.25) is 0 Å². The molecule has 4 nitrogen and oxygen atoms in total. The standard InChI is InChI=1S/C14H24N2O2/c1-11-3-7-15(8-4-11)14(18)16-9-5-13(6-10-16)12(2)17/h11,13H,3-10H2,1-2H3. The van der Waals surface area contributed by atoms with E-state index in [-0.39, 0.29) is 17.7 Å². The molecule has 2 heterocycles. The summed E-state index contributed by atoms with van der Waals surface area (Å²) in [5, 5.41) is 0. The van der Waals surface area contributed by atoms with Gasteiger partial charge in [0.1, 0.15) is 5.78 Å². The van der Waals surface area contributed by atoms with Crippen LogP contribution < -0.4 is 0 Å². The number of hydrogen-bond acceptors (Lipinski definition) is 2. The zero-order chi connectivity index (χ0) is 13.1. The number of ketones is 1. The molecule has 2 rings (SSSR count). The topological polar surface area (TPSA) is 40.6 Å². The molecular weight excluding hydrogens is 228 g/mol. The molecule has 0 saturated carbocycles. The smallest absolute Gasteiger partial charge is 0.319 e. The van der Waals surface area contributed by atoms with E-state index in [1.807, 2.05) is 9.80 Å². The third-order valence-corrected chi connectivity index (χ3v) is 4.39. The fourth-order valence-electron chi connectivity index (χ4n) is 2.88. The molecule has 18 heavy (non-hydrogen) atoms. The van der Waals surface area contributed by atoms with Crippen LogP contribution in [0.25, 0.3) is 0 Å². The first kappa shape index (κ1) is 13.4. The lowest BCUT2D eigenvalue weighted by Crippen LogP contribution is -2.49. The number of nitrogens with zero attached hydrogens (tertiary/aromatic N) is 2. The summed E-state index contributed by atoms with van der Waals surface area (Å²) in [5.41, 5.74) is 0. The molecule has 4 heteroatoms. The van der Waals surface area contributed by atoms with Crippen molar-refractivity contribution in [1.29, 1.82) is 0 Å². The van der Waals surface area contributed by atoms with Crippen LogP contribution in [0.15, 0.2) is 0 Å². The molecule has 2 aliphatic heterocycles. The van der Waals surface area contributed by atoms with Gasteiger partial charge in [-0.1, -0.05) is 6.92 Å². The van der Waals surface area contributed by atoms with Gasteiger partial charge < -0.3 is 9.80 Å². The summed E-state index contributed by atoms with van der Waals surface area (Å²) in [7, 11) is 0. The molecule has 0 N–H and O–H groups in total. The van der Waals surface area contributed by atoms with Gasteiger partial charge in [-0.25, -0.2) is 4.79 Å². The van der Waals surface area contributed by atoms with Gasteiger partial charge in [-0.15, -0.1) is 0 Å². The molecule has 0 unspecified atom stereocenters. The minimum absolute atomic E-state index is 0.176. The number of Topliss-reactive ketones (excluding diaryl/α,β-unsaturated/α-hetero) is 1. The summed E-state index contributed by atoms with van der Waals surface area (Å²) < 4.78 is 0. The summed E-state index contributed by atoms with van der Waals surface area (Å²) in [6.07, 6.45) is 3.92. The van der Waals surface area contributed by atoms with Crippen molar-refractivity contribution in [1.82, 2.24) is 9.80 Å². The molecule has 0 aromatic carbocycles. The molecule has 0 aromatic rings. The van der Waals surface area contributed by atoms with E-state index in [1.54, 1.807) is 6.92 Å². The van der Waals surface area contributed by atoms with Crippen LogP contribution >= 0.6 is 0 Å². The molecule has 2 fully saturated rings.